The fourth-order valence-corrected chi connectivity index (χ4v) is 4.45. The normalized spacial score (nSPS) is 23.9. The van der Waals surface area contributed by atoms with Gasteiger partial charge in [0.15, 0.2) is 0 Å². The van der Waals surface area contributed by atoms with Crippen LogP contribution in [-0.2, 0) is 0 Å². The van der Waals surface area contributed by atoms with Crippen molar-refractivity contribution in [2.75, 3.05) is 12.8 Å². The zero-order valence-corrected chi connectivity index (χ0v) is 12.7. The summed E-state index contributed by atoms with van der Waals surface area (Å²) in [5, 5.41) is 11.9. The molecule has 0 bridgehead atoms. The van der Waals surface area contributed by atoms with E-state index in [9.17, 15) is 0 Å². The predicted octanol–water partition coefficient (Wildman–Crippen LogP) is 2.81. The van der Waals surface area contributed by atoms with Gasteiger partial charge < -0.3 is 5.32 Å². The quantitative estimate of drug-likeness (QED) is 0.939. The van der Waals surface area contributed by atoms with E-state index in [1.54, 1.807) is 0 Å². The minimum atomic E-state index is 0.211. The van der Waals surface area contributed by atoms with Crippen molar-refractivity contribution in [2.24, 2.45) is 0 Å². The summed E-state index contributed by atoms with van der Waals surface area (Å²) >= 11 is 2.05. The van der Waals surface area contributed by atoms with Crippen LogP contribution in [0.5, 0.6) is 0 Å². The van der Waals surface area contributed by atoms with Crippen LogP contribution in [0.2, 0.25) is 0 Å². The van der Waals surface area contributed by atoms with Crippen LogP contribution < -0.4 is 5.32 Å². The zero-order chi connectivity index (χ0) is 14.0. The Kier molecular flexibility index (Phi) is 3.81. The molecule has 5 heteroatoms. The van der Waals surface area contributed by atoms with Gasteiger partial charge in [-0.2, -0.15) is 11.8 Å². The van der Waals surface area contributed by atoms with Gasteiger partial charge in [0.2, 0.25) is 0 Å². The number of thioether (sulfide) groups is 1. The lowest BCUT2D eigenvalue weighted by atomic mass is 9.94. The zero-order valence-electron chi connectivity index (χ0n) is 11.9. The molecule has 0 amide bonds. The number of rotatable bonds is 4. The second-order valence-electron chi connectivity index (χ2n) is 5.39. The third-order valence-corrected chi connectivity index (χ3v) is 5.61. The van der Waals surface area contributed by atoms with E-state index in [0.29, 0.717) is 0 Å². The van der Waals surface area contributed by atoms with Crippen LogP contribution in [0.4, 0.5) is 0 Å². The highest BCUT2D eigenvalue weighted by Gasteiger charge is 2.39. The number of hydrogen-bond acceptors (Lipinski definition) is 4. The summed E-state index contributed by atoms with van der Waals surface area (Å²) in [6.45, 7) is 2.34. The smallest absolute Gasteiger partial charge is 0.0829 e. The van der Waals surface area contributed by atoms with Crippen molar-refractivity contribution in [1.82, 2.24) is 20.3 Å². The molecule has 4 nitrogen and oxygen atoms in total. The first-order valence-electron chi connectivity index (χ1n) is 7.02. The Morgan fingerprint density at radius 3 is 2.80 bits per heavy atom. The molecule has 106 valence electrons. The van der Waals surface area contributed by atoms with Crippen LogP contribution in [0, 0.1) is 0 Å². The van der Waals surface area contributed by atoms with Gasteiger partial charge in [0.25, 0.3) is 0 Å². The van der Waals surface area contributed by atoms with E-state index in [1.165, 1.54) is 18.6 Å². The van der Waals surface area contributed by atoms with Crippen molar-refractivity contribution in [2.45, 2.75) is 30.6 Å². The van der Waals surface area contributed by atoms with Gasteiger partial charge in [0, 0.05) is 4.75 Å². The Morgan fingerprint density at radius 1 is 1.35 bits per heavy atom. The highest BCUT2D eigenvalue weighted by molar-refractivity contribution is 8.00. The molecule has 0 spiro atoms. The molecule has 2 unspecified atom stereocenters. The van der Waals surface area contributed by atoms with Crippen LogP contribution in [0.3, 0.4) is 0 Å². The van der Waals surface area contributed by atoms with E-state index in [0.717, 1.165) is 11.4 Å². The first-order chi connectivity index (χ1) is 9.74. The molecule has 2 heterocycles. The Labute approximate surface area is 124 Å². The minimum absolute atomic E-state index is 0.211. The van der Waals surface area contributed by atoms with Gasteiger partial charge in [-0.3, -0.25) is 0 Å². The molecule has 20 heavy (non-hydrogen) atoms. The van der Waals surface area contributed by atoms with Gasteiger partial charge in [-0.05, 0) is 44.7 Å². The van der Waals surface area contributed by atoms with Gasteiger partial charge in [-0.15, -0.1) is 5.10 Å². The SMILES string of the molecule is CNC(c1cnnn1-c1ccccc1)C1(C)CCCS1. The molecule has 1 aromatic carbocycles. The summed E-state index contributed by atoms with van der Waals surface area (Å²) in [4.78, 5) is 0. The standard InChI is InChI=1S/C15H20N4S/c1-15(9-6-10-20-15)14(16-2)13-11-17-18-19(13)12-7-4-3-5-8-12/h3-5,7-8,11,14,16H,6,9-10H2,1-2H3. The summed E-state index contributed by atoms with van der Waals surface area (Å²) in [6, 6.07) is 10.5. The van der Waals surface area contributed by atoms with Gasteiger partial charge in [0.1, 0.15) is 0 Å². The number of benzene rings is 1. The summed E-state index contributed by atoms with van der Waals surface area (Å²) < 4.78 is 2.16. The van der Waals surface area contributed by atoms with E-state index in [1.807, 2.05) is 47.9 Å². The van der Waals surface area contributed by atoms with Gasteiger partial charge in [-0.1, -0.05) is 23.4 Å². The van der Waals surface area contributed by atoms with Crippen molar-refractivity contribution in [3.05, 3.63) is 42.2 Å². The van der Waals surface area contributed by atoms with E-state index in [4.69, 9.17) is 0 Å². The molecule has 1 aliphatic heterocycles. The van der Waals surface area contributed by atoms with E-state index >= 15 is 0 Å². The van der Waals surface area contributed by atoms with Crippen LogP contribution >= 0.6 is 11.8 Å². The maximum Gasteiger partial charge on any atom is 0.0829 e. The molecule has 1 N–H and O–H groups in total. The van der Waals surface area contributed by atoms with E-state index in [-0.39, 0.29) is 10.8 Å². The molecule has 0 aliphatic carbocycles. The number of aromatic nitrogens is 3. The lowest BCUT2D eigenvalue weighted by Gasteiger charge is -2.33. The highest BCUT2D eigenvalue weighted by atomic mass is 32.2. The van der Waals surface area contributed by atoms with Gasteiger partial charge >= 0.3 is 0 Å². The lowest BCUT2D eigenvalue weighted by molar-refractivity contribution is 0.424. The first-order valence-corrected chi connectivity index (χ1v) is 8.00. The predicted molar refractivity (Wildman–Crippen MR) is 83.3 cm³/mol. The van der Waals surface area contributed by atoms with Crippen molar-refractivity contribution >= 4 is 11.8 Å². The van der Waals surface area contributed by atoms with Crippen LogP contribution in [0.25, 0.3) is 5.69 Å². The Bertz CT molecular complexity index is 560. The molecule has 2 aromatic rings. The average Bonchev–Trinajstić information content (AvgIpc) is 3.11. The van der Waals surface area contributed by atoms with Gasteiger partial charge in [0.05, 0.1) is 23.6 Å². The molecule has 3 rings (SSSR count). The fraction of sp³-hybridized carbons (Fsp3) is 0.467. The average molecular weight is 288 g/mol. The topological polar surface area (TPSA) is 42.7 Å². The number of nitrogens with one attached hydrogen (secondary N) is 1. The molecule has 1 fully saturated rings. The van der Waals surface area contributed by atoms with Crippen LogP contribution in [-0.4, -0.2) is 32.5 Å². The molecule has 1 aliphatic rings. The molecule has 0 saturated carbocycles. The maximum atomic E-state index is 4.28. The molecule has 1 aromatic heterocycles. The maximum absolute atomic E-state index is 4.28. The van der Waals surface area contributed by atoms with Gasteiger partial charge in [-0.25, -0.2) is 4.68 Å². The second kappa shape index (κ2) is 5.58. The number of hydrogen-bond donors (Lipinski definition) is 1. The van der Waals surface area contributed by atoms with E-state index in [2.05, 4.69) is 34.7 Å². The molecular weight excluding hydrogens is 268 g/mol. The van der Waals surface area contributed by atoms with Crippen molar-refractivity contribution in [3.8, 4) is 5.69 Å². The second-order valence-corrected chi connectivity index (χ2v) is 7.02. The number of nitrogens with zero attached hydrogens (tertiary/aromatic N) is 3. The molecule has 0 radical (unpaired) electrons. The van der Waals surface area contributed by atoms with E-state index < -0.39 is 0 Å². The van der Waals surface area contributed by atoms with Crippen LogP contribution in [0.1, 0.15) is 31.5 Å². The summed E-state index contributed by atoms with van der Waals surface area (Å²) in [6.07, 6.45) is 4.40. The highest BCUT2D eigenvalue weighted by Crippen LogP contribution is 2.46. The molecular formula is C15H20N4S. The third kappa shape index (κ3) is 2.36. The Hall–Kier alpha value is -1.33. The Balaban J connectivity index is 2.00. The molecule has 2 atom stereocenters. The monoisotopic (exact) mass is 288 g/mol. The summed E-state index contributed by atoms with van der Waals surface area (Å²) in [5.74, 6) is 1.24. The molecule has 1 saturated heterocycles. The van der Waals surface area contributed by atoms with Crippen molar-refractivity contribution in [1.29, 1.82) is 0 Å². The largest absolute Gasteiger partial charge is 0.311 e. The van der Waals surface area contributed by atoms with Crippen molar-refractivity contribution < 1.29 is 0 Å². The lowest BCUT2D eigenvalue weighted by Crippen LogP contribution is -2.37. The minimum Gasteiger partial charge on any atom is -0.311 e. The van der Waals surface area contributed by atoms with Crippen molar-refractivity contribution in [3.63, 3.8) is 0 Å². The summed E-state index contributed by atoms with van der Waals surface area (Å²) in [5.41, 5.74) is 2.20. The summed E-state index contributed by atoms with van der Waals surface area (Å²) in [7, 11) is 2.02. The number of para-hydroxylation sites is 1. The first kappa shape index (κ1) is 13.6. The third-order valence-electron chi connectivity index (χ3n) is 4.02. The fourth-order valence-electron chi connectivity index (χ4n) is 3.00. The Morgan fingerprint density at radius 2 is 2.15 bits per heavy atom. The van der Waals surface area contributed by atoms with Crippen LogP contribution in [0.15, 0.2) is 36.5 Å².